The number of hydrogen-bond donors (Lipinski definition) is 2. The molecule has 0 aromatic rings. The third-order valence-corrected chi connectivity index (χ3v) is 2.03. The van der Waals surface area contributed by atoms with Crippen molar-refractivity contribution >= 4 is 6.09 Å². The normalized spacial score (nSPS) is 15.9. The first-order chi connectivity index (χ1) is 7.54. The Balaban J connectivity index is 4.51. The van der Waals surface area contributed by atoms with Gasteiger partial charge in [0.05, 0.1) is 6.04 Å². The predicted molar refractivity (Wildman–Crippen MR) is 60.0 cm³/mol. The van der Waals surface area contributed by atoms with E-state index in [1.807, 2.05) is 0 Å². The molecule has 0 saturated carbocycles. The van der Waals surface area contributed by atoms with Gasteiger partial charge in [-0.2, -0.15) is 0 Å². The highest BCUT2D eigenvalue weighted by atomic mass is 19.3. The largest absolute Gasteiger partial charge is 0.444 e. The van der Waals surface area contributed by atoms with Crippen molar-refractivity contribution in [3.63, 3.8) is 0 Å². The summed E-state index contributed by atoms with van der Waals surface area (Å²) in [7, 11) is 0. The van der Waals surface area contributed by atoms with Crippen LogP contribution < -0.4 is 5.32 Å². The van der Waals surface area contributed by atoms with E-state index in [0.29, 0.717) is 0 Å². The zero-order valence-corrected chi connectivity index (χ0v) is 10.8. The first-order valence-electron chi connectivity index (χ1n) is 5.50. The van der Waals surface area contributed by atoms with Crippen molar-refractivity contribution in [1.82, 2.24) is 5.32 Å². The van der Waals surface area contributed by atoms with Gasteiger partial charge in [0.2, 0.25) is 0 Å². The van der Waals surface area contributed by atoms with Crippen LogP contribution in [0.1, 0.15) is 34.6 Å². The fourth-order valence-corrected chi connectivity index (χ4v) is 1.25. The fraction of sp³-hybridized carbons (Fsp3) is 0.909. The van der Waals surface area contributed by atoms with E-state index in [-0.39, 0.29) is 5.92 Å². The number of amides is 1. The molecule has 0 spiro atoms. The molecule has 0 aromatic heterocycles. The molecule has 6 heteroatoms. The second-order valence-electron chi connectivity index (χ2n) is 5.24. The minimum atomic E-state index is -2.91. The van der Waals surface area contributed by atoms with Gasteiger partial charge >= 0.3 is 6.09 Å². The van der Waals surface area contributed by atoms with Gasteiger partial charge in [-0.25, -0.2) is 13.6 Å². The molecular weight excluding hydrogens is 232 g/mol. The molecule has 0 saturated heterocycles. The van der Waals surface area contributed by atoms with Crippen LogP contribution in [0, 0.1) is 5.92 Å². The summed E-state index contributed by atoms with van der Waals surface area (Å²) < 4.78 is 29.7. The average Bonchev–Trinajstić information content (AvgIpc) is 2.09. The molecule has 0 aliphatic carbocycles. The fourth-order valence-electron chi connectivity index (χ4n) is 1.25. The van der Waals surface area contributed by atoms with Crippen LogP contribution in [0.4, 0.5) is 13.6 Å². The molecule has 2 N–H and O–H groups in total. The van der Waals surface area contributed by atoms with Crippen LogP contribution in [-0.4, -0.2) is 35.4 Å². The molecule has 0 bridgehead atoms. The molecular formula is C11H21F2NO3. The summed E-state index contributed by atoms with van der Waals surface area (Å²) in [6, 6.07) is -1.04. The molecule has 0 rings (SSSR count). The second-order valence-corrected chi connectivity index (χ2v) is 5.24. The van der Waals surface area contributed by atoms with Crippen LogP contribution in [0.25, 0.3) is 0 Å². The third kappa shape index (κ3) is 6.41. The van der Waals surface area contributed by atoms with Gasteiger partial charge < -0.3 is 15.2 Å². The number of hydrogen-bond acceptors (Lipinski definition) is 3. The Kier molecular flexibility index (Phi) is 5.81. The molecule has 0 heterocycles. The summed E-state index contributed by atoms with van der Waals surface area (Å²) in [6.45, 7) is 8.27. The Hall–Kier alpha value is -0.910. The van der Waals surface area contributed by atoms with E-state index < -0.39 is 30.3 Å². The number of carbonyl (C=O) groups excluding carboxylic acids is 1. The van der Waals surface area contributed by atoms with Gasteiger partial charge in [0.15, 0.2) is 0 Å². The smallest absolute Gasteiger partial charge is 0.407 e. The minimum Gasteiger partial charge on any atom is -0.444 e. The van der Waals surface area contributed by atoms with Crippen LogP contribution in [0.2, 0.25) is 0 Å². The van der Waals surface area contributed by atoms with Gasteiger partial charge in [-0.1, -0.05) is 13.8 Å². The molecule has 102 valence electrons. The van der Waals surface area contributed by atoms with E-state index in [1.54, 1.807) is 34.6 Å². The number of ether oxygens (including phenoxy) is 1. The van der Waals surface area contributed by atoms with Crippen LogP contribution in [-0.2, 0) is 4.74 Å². The first kappa shape index (κ1) is 16.1. The number of alkyl carbamates (subject to hydrolysis) is 1. The quantitative estimate of drug-likeness (QED) is 0.807. The van der Waals surface area contributed by atoms with Crippen molar-refractivity contribution in [3.8, 4) is 0 Å². The van der Waals surface area contributed by atoms with Crippen molar-refractivity contribution in [2.45, 2.75) is 58.8 Å². The predicted octanol–water partition coefficient (Wildman–Crippen LogP) is 2.16. The Bertz CT molecular complexity index is 252. The zero-order chi connectivity index (χ0) is 13.8. The highest BCUT2D eigenvalue weighted by molar-refractivity contribution is 5.68. The van der Waals surface area contributed by atoms with Crippen molar-refractivity contribution in [2.75, 3.05) is 0 Å². The lowest BCUT2D eigenvalue weighted by atomic mass is 9.99. The summed E-state index contributed by atoms with van der Waals surface area (Å²) in [5.41, 5.74) is -0.707. The lowest BCUT2D eigenvalue weighted by Gasteiger charge is -2.28. The Morgan fingerprint density at radius 3 is 2.06 bits per heavy atom. The molecule has 0 aliphatic heterocycles. The molecule has 2 unspecified atom stereocenters. The van der Waals surface area contributed by atoms with Gasteiger partial charge in [0.25, 0.3) is 6.43 Å². The van der Waals surface area contributed by atoms with E-state index in [1.165, 1.54) is 0 Å². The number of aliphatic hydroxyl groups excluding tert-OH is 1. The number of alkyl halides is 2. The number of halogens is 2. The molecule has 4 nitrogen and oxygen atoms in total. The van der Waals surface area contributed by atoms with Gasteiger partial charge in [-0.15, -0.1) is 0 Å². The maximum atomic E-state index is 12.4. The summed E-state index contributed by atoms with van der Waals surface area (Å²) >= 11 is 0. The van der Waals surface area contributed by atoms with Crippen LogP contribution in [0.5, 0.6) is 0 Å². The summed E-state index contributed by atoms with van der Waals surface area (Å²) in [6.07, 6.45) is -5.62. The molecule has 0 radical (unpaired) electrons. The minimum absolute atomic E-state index is 0.327. The third-order valence-electron chi connectivity index (χ3n) is 2.03. The molecule has 2 atom stereocenters. The number of nitrogens with one attached hydrogen (secondary N) is 1. The molecule has 0 fully saturated rings. The van der Waals surface area contributed by atoms with Gasteiger partial charge in [0, 0.05) is 0 Å². The van der Waals surface area contributed by atoms with E-state index in [4.69, 9.17) is 4.74 Å². The van der Waals surface area contributed by atoms with Gasteiger partial charge in [0.1, 0.15) is 11.7 Å². The molecule has 0 aromatic carbocycles. The second kappa shape index (κ2) is 6.14. The zero-order valence-electron chi connectivity index (χ0n) is 10.8. The van der Waals surface area contributed by atoms with E-state index in [2.05, 4.69) is 5.32 Å². The topological polar surface area (TPSA) is 58.6 Å². The monoisotopic (exact) mass is 253 g/mol. The SMILES string of the molecule is CC(C)C(NC(=O)OC(C)(C)C)C(O)C(F)F. The van der Waals surface area contributed by atoms with E-state index >= 15 is 0 Å². The van der Waals surface area contributed by atoms with Crippen LogP contribution in [0.15, 0.2) is 0 Å². The highest BCUT2D eigenvalue weighted by Gasteiger charge is 2.32. The van der Waals surface area contributed by atoms with Crippen LogP contribution in [0.3, 0.4) is 0 Å². The molecule has 0 aliphatic rings. The van der Waals surface area contributed by atoms with Crippen LogP contribution >= 0.6 is 0 Å². The average molecular weight is 253 g/mol. The van der Waals surface area contributed by atoms with Crippen molar-refractivity contribution in [3.05, 3.63) is 0 Å². The number of carbonyl (C=O) groups is 1. The lowest BCUT2D eigenvalue weighted by Crippen LogP contribution is -2.50. The number of rotatable bonds is 4. The van der Waals surface area contributed by atoms with E-state index in [0.717, 1.165) is 0 Å². The van der Waals surface area contributed by atoms with Gasteiger partial charge in [-0.05, 0) is 26.7 Å². The molecule has 1 amide bonds. The van der Waals surface area contributed by atoms with Crippen molar-refractivity contribution in [2.24, 2.45) is 5.92 Å². The Morgan fingerprint density at radius 2 is 1.76 bits per heavy atom. The van der Waals surface area contributed by atoms with Crippen molar-refractivity contribution < 1.29 is 23.4 Å². The number of aliphatic hydroxyl groups is 1. The Morgan fingerprint density at radius 1 is 1.29 bits per heavy atom. The van der Waals surface area contributed by atoms with E-state index in [9.17, 15) is 18.7 Å². The van der Waals surface area contributed by atoms with Gasteiger partial charge in [-0.3, -0.25) is 0 Å². The maximum absolute atomic E-state index is 12.4. The maximum Gasteiger partial charge on any atom is 0.407 e. The standard InChI is InChI=1S/C11H21F2NO3/c1-6(2)7(8(15)9(12)13)14-10(16)17-11(3,4)5/h6-9,15H,1-5H3,(H,14,16). The lowest BCUT2D eigenvalue weighted by molar-refractivity contribution is -0.0374. The molecule has 17 heavy (non-hydrogen) atoms. The highest BCUT2D eigenvalue weighted by Crippen LogP contribution is 2.14. The first-order valence-corrected chi connectivity index (χ1v) is 5.50. The van der Waals surface area contributed by atoms with Crippen molar-refractivity contribution in [1.29, 1.82) is 0 Å². The summed E-state index contributed by atoms with van der Waals surface area (Å²) in [5, 5.41) is 11.5. The Labute approximate surface area is 100 Å². The summed E-state index contributed by atoms with van der Waals surface area (Å²) in [5.74, 6) is -0.327. The summed E-state index contributed by atoms with van der Waals surface area (Å²) in [4.78, 5) is 11.4.